The van der Waals surface area contributed by atoms with Crippen molar-refractivity contribution in [3.63, 3.8) is 0 Å². The van der Waals surface area contributed by atoms with Crippen molar-refractivity contribution in [1.29, 1.82) is 0 Å². The molecule has 0 N–H and O–H groups in total. The topological polar surface area (TPSA) is 0 Å². The molecule has 0 aromatic heterocycles. The van der Waals surface area contributed by atoms with E-state index in [2.05, 4.69) is 29.8 Å². The Morgan fingerprint density at radius 1 is 1.71 bits per heavy atom. The molecule has 0 aromatic rings. The maximum absolute atomic E-state index is 3.37. The van der Waals surface area contributed by atoms with E-state index in [0.29, 0.717) is 0 Å². The molecular formula is C5H13BrMg. The quantitative estimate of drug-likeness (QED) is 0.448. The summed E-state index contributed by atoms with van der Waals surface area (Å²) in [5.41, 5.74) is 0. The molecule has 0 aliphatic rings. The third-order valence-corrected chi connectivity index (χ3v) is 2.07. The zero-order chi connectivity index (χ0) is 4.99. The van der Waals surface area contributed by atoms with E-state index >= 15 is 0 Å². The normalized spacial score (nSPS) is 12.4. The predicted octanol–water partition coefficient (Wildman–Crippen LogP) is 2.27. The summed E-state index contributed by atoms with van der Waals surface area (Å²) in [5.74, 6) is 0.852. The fourth-order valence-electron chi connectivity index (χ4n) is 0.109. The average Bonchev–Trinajstić information content (AvgIpc) is 1.65. The minimum absolute atomic E-state index is 0. The van der Waals surface area contributed by atoms with Gasteiger partial charge in [0, 0.05) is 5.33 Å². The molecule has 0 saturated heterocycles. The third-order valence-electron chi connectivity index (χ3n) is 0.960. The molecule has 0 nitrogen and oxygen atoms in total. The van der Waals surface area contributed by atoms with Crippen LogP contribution in [0.2, 0.25) is 0 Å². The molecule has 0 radical (unpaired) electrons. The minimum Gasteiger partial charge on any atom is -1.00 e. The summed E-state index contributed by atoms with van der Waals surface area (Å²) in [6.07, 6.45) is 1.28. The van der Waals surface area contributed by atoms with Gasteiger partial charge in [-0.2, -0.15) is 0 Å². The molecule has 0 amide bonds. The van der Waals surface area contributed by atoms with Crippen LogP contribution < -0.4 is 0 Å². The fourth-order valence-corrected chi connectivity index (χ4v) is 0.567. The number of halogens is 1. The molecule has 0 unspecified atom stereocenters. The first-order valence-corrected chi connectivity index (χ1v) is 3.49. The Kier molecular flexibility index (Phi) is 11.5. The predicted molar refractivity (Wildman–Crippen MR) is 41.2 cm³/mol. The van der Waals surface area contributed by atoms with Gasteiger partial charge in [0.1, 0.15) is 0 Å². The van der Waals surface area contributed by atoms with Gasteiger partial charge in [-0.15, -0.1) is 0 Å². The first-order chi connectivity index (χ1) is 2.81. The summed E-state index contributed by atoms with van der Waals surface area (Å²) in [6.45, 7) is 4.43. The molecule has 0 heterocycles. The number of hydrogen-bond donors (Lipinski definition) is 0. The van der Waals surface area contributed by atoms with Crippen LogP contribution >= 0.6 is 15.9 Å². The van der Waals surface area contributed by atoms with Crippen molar-refractivity contribution in [2.75, 3.05) is 5.33 Å². The van der Waals surface area contributed by atoms with Crippen LogP contribution in [0.1, 0.15) is 23.1 Å². The van der Waals surface area contributed by atoms with Crippen LogP contribution in [0.3, 0.4) is 0 Å². The van der Waals surface area contributed by atoms with Gasteiger partial charge in [0.25, 0.3) is 0 Å². The van der Waals surface area contributed by atoms with E-state index in [0.717, 1.165) is 11.2 Å². The molecule has 0 aromatic carbocycles. The average molecular weight is 177 g/mol. The number of alkyl halides is 1. The SMILES string of the molecule is CC[C@@H](C)CBr.[H-].[H-].[Mg+2]. The number of hydrogen-bond acceptors (Lipinski definition) is 0. The third kappa shape index (κ3) is 7.25. The van der Waals surface area contributed by atoms with Gasteiger partial charge in [-0.05, 0) is 5.92 Å². The van der Waals surface area contributed by atoms with Gasteiger partial charge in [0.15, 0.2) is 0 Å². The molecule has 0 rings (SSSR count). The molecule has 0 spiro atoms. The summed E-state index contributed by atoms with van der Waals surface area (Å²) in [6, 6.07) is 0. The molecule has 0 fully saturated rings. The van der Waals surface area contributed by atoms with Crippen LogP contribution in [-0.2, 0) is 0 Å². The molecule has 0 bridgehead atoms. The van der Waals surface area contributed by atoms with E-state index in [1.165, 1.54) is 6.42 Å². The Morgan fingerprint density at radius 2 is 2.14 bits per heavy atom. The molecule has 7 heavy (non-hydrogen) atoms. The van der Waals surface area contributed by atoms with Gasteiger partial charge in [-0.1, -0.05) is 36.2 Å². The van der Waals surface area contributed by atoms with Gasteiger partial charge < -0.3 is 2.85 Å². The van der Waals surface area contributed by atoms with Gasteiger partial charge >= 0.3 is 23.1 Å². The van der Waals surface area contributed by atoms with Crippen LogP contribution in [0.25, 0.3) is 0 Å². The zero-order valence-corrected chi connectivity index (χ0v) is 8.08. The maximum Gasteiger partial charge on any atom is 2.00 e. The van der Waals surface area contributed by atoms with Gasteiger partial charge in [0.05, 0.1) is 0 Å². The van der Waals surface area contributed by atoms with Crippen LogP contribution in [0.15, 0.2) is 0 Å². The first kappa shape index (κ1) is 11.1. The van der Waals surface area contributed by atoms with Gasteiger partial charge in [-0.3, -0.25) is 0 Å². The summed E-state index contributed by atoms with van der Waals surface area (Å²) < 4.78 is 0. The molecule has 1 atom stereocenters. The number of rotatable bonds is 2. The fraction of sp³-hybridized carbons (Fsp3) is 1.00. The van der Waals surface area contributed by atoms with Crippen molar-refractivity contribution < 1.29 is 2.85 Å². The largest absolute Gasteiger partial charge is 2.00 e. The van der Waals surface area contributed by atoms with Crippen molar-refractivity contribution >= 4 is 39.0 Å². The van der Waals surface area contributed by atoms with Crippen molar-refractivity contribution in [2.45, 2.75) is 20.3 Å². The molecule has 42 valence electrons. The Hall–Kier alpha value is 1.25. The second-order valence-electron chi connectivity index (χ2n) is 1.67. The first-order valence-electron chi connectivity index (χ1n) is 2.37. The second-order valence-corrected chi connectivity index (χ2v) is 2.32. The van der Waals surface area contributed by atoms with E-state index in [9.17, 15) is 0 Å². The van der Waals surface area contributed by atoms with Crippen LogP contribution in [-0.4, -0.2) is 28.4 Å². The Balaban J connectivity index is -0.0000000417. The molecule has 0 aliphatic heterocycles. The van der Waals surface area contributed by atoms with Crippen LogP contribution in [0, 0.1) is 5.92 Å². The summed E-state index contributed by atoms with van der Waals surface area (Å²) in [7, 11) is 0. The molecule has 0 saturated carbocycles. The van der Waals surface area contributed by atoms with Crippen molar-refractivity contribution in [3.8, 4) is 0 Å². The van der Waals surface area contributed by atoms with E-state index in [1.807, 2.05) is 0 Å². The van der Waals surface area contributed by atoms with E-state index in [4.69, 9.17) is 0 Å². The zero-order valence-electron chi connectivity index (χ0n) is 7.08. The van der Waals surface area contributed by atoms with Crippen LogP contribution in [0.4, 0.5) is 0 Å². The van der Waals surface area contributed by atoms with Crippen LogP contribution in [0.5, 0.6) is 0 Å². The van der Waals surface area contributed by atoms with Crippen molar-refractivity contribution in [1.82, 2.24) is 0 Å². The Morgan fingerprint density at radius 3 is 2.14 bits per heavy atom. The minimum atomic E-state index is 0. The standard InChI is InChI=1S/C5H11Br.Mg.2H/c1-3-5(2)4-6;;;/h5H,3-4H2,1-2H3;;;/q;+2;2*-1/t5-;;;/m1.../s1. The van der Waals surface area contributed by atoms with Crippen molar-refractivity contribution in [2.24, 2.45) is 5.92 Å². The van der Waals surface area contributed by atoms with E-state index < -0.39 is 0 Å². The summed E-state index contributed by atoms with van der Waals surface area (Å²) >= 11 is 3.37. The smallest absolute Gasteiger partial charge is 1.00 e. The molecule has 0 aliphatic carbocycles. The van der Waals surface area contributed by atoms with Gasteiger partial charge in [0.2, 0.25) is 0 Å². The second kappa shape index (κ2) is 7.25. The van der Waals surface area contributed by atoms with Gasteiger partial charge in [-0.25, -0.2) is 0 Å². The summed E-state index contributed by atoms with van der Waals surface area (Å²) in [5, 5.41) is 1.14. The monoisotopic (exact) mass is 176 g/mol. The molecular weight excluding hydrogens is 164 g/mol. The van der Waals surface area contributed by atoms with E-state index in [1.54, 1.807) is 0 Å². The van der Waals surface area contributed by atoms with Crippen molar-refractivity contribution in [3.05, 3.63) is 0 Å². The maximum atomic E-state index is 3.37. The Labute approximate surface area is 73.3 Å². The van der Waals surface area contributed by atoms with E-state index in [-0.39, 0.29) is 25.9 Å². The molecule has 2 heteroatoms. The Bertz CT molecular complexity index is 34.1. The summed E-state index contributed by atoms with van der Waals surface area (Å²) in [4.78, 5) is 0.